The van der Waals surface area contributed by atoms with Crippen molar-refractivity contribution in [3.8, 4) is 6.07 Å². The minimum atomic E-state index is -0.300. The number of benzene rings is 1. The van der Waals surface area contributed by atoms with E-state index in [0.29, 0.717) is 17.3 Å². The molecule has 84 valence electrons. The fraction of sp³-hybridized carbons (Fsp3) is 0.273. The van der Waals surface area contributed by atoms with Gasteiger partial charge in [-0.1, -0.05) is 17.7 Å². The maximum absolute atomic E-state index is 11.7. The molecule has 0 saturated heterocycles. The summed E-state index contributed by atoms with van der Waals surface area (Å²) in [6.07, 6.45) is 0. The molecule has 1 aromatic carbocycles. The maximum Gasteiger partial charge on any atom is 0.322 e. The Labute approximate surface area is 99.4 Å². The van der Waals surface area contributed by atoms with E-state index in [2.05, 4.69) is 5.32 Å². The number of hydrogen-bond donors (Lipinski definition) is 1. The van der Waals surface area contributed by atoms with Crippen LogP contribution in [0.5, 0.6) is 0 Å². The maximum atomic E-state index is 11.7. The van der Waals surface area contributed by atoms with Crippen LogP contribution >= 0.6 is 11.6 Å². The zero-order valence-corrected chi connectivity index (χ0v) is 9.66. The summed E-state index contributed by atoms with van der Waals surface area (Å²) in [7, 11) is 0. The average Bonchev–Trinajstić information content (AvgIpc) is 2.25. The summed E-state index contributed by atoms with van der Waals surface area (Å²) in [5.41, 5.74) is 0.619. The van der Waals surface area contributed by atoms with Gasteiger partial charge in [0, 0.05) is 17.3 Å². The Kier molecular flexibility index (Phi) is 4.62. The quantitative estimate of drug-likeness (QED) is 0.822. The average molecular weight is 238 g/mol. The van der Waals surface area contributed by atoms with Gasteiger partial charge in [-0.15, -0.1) is 0 Å². The second-order valence-corrected chi connectivity index (χ2v) is 3.55. The summed E-state index contributed by atoms with van der Waals surface area (Å²) >= 11 is 5.79. The number of rotatable bonds is 3. The van der Waals surface area contributed by atoms with Crippen LogP contribution in [-0.2, 0) is 0 Å². The second kappa shape index (κ2) is 5.99. The molecule has 0 spiro atoms. The van der Waals surface area contributed by atoms with Gasteiger partial charge in [0.2, 0.25) is 0 Å². The van der Waals surface area contributed by atoms with Crippen LogP contribution in [0.2, 0.25) is 5.02 Å². The van der Waals surface area contributed by atoms with E-state index in [1.807, 2.05) is 13.0 Å². The lowest BCUT2D eigenvalue weighted by Crippen LogP contribution is -2.35. The number of halogens is 1. The van der Waals surface area contributed by atoms with E-state index >= 15 is 0 Å². The van der Waals surface area contributed by atoms with Crippen LogP contribution in [0, 0.1) is 11.3 Å². The number of nitriles is 1. The van der Waals surface area contributed by atoms with Crippen molar-refractivity contribution in [1.82, 2.24) is 4.90 Å². The summed E-state index contributed by atoms with van der Waals surface area (Å²) < 4.78 is 0. The van der Waals surface area contributed by atoms with Crippen molar-refractivity contribution < 1.29 is 4.79 Å². The number of amides is 2. The van der Waals surface area contributed by atoms with Gasteiger partial charge in [-0.2, -0.15) is 5.26 Å². The van der Waals surface area contributed by atoms with E-state index in [1.54, 1.807) is 24.3 Å². The van der Waals surface area contributed by atoms with E-state index in [1.165, 1.54) is 4.90 Å². The number of carbonyl (C=O) groups is 1. The Morgan fingerprint density at radius 1 is 1.62 bits per heavy atom. The van der Waals surface area contributed by atoms with Crippen molar-refractivity contribution in [2.45, 2.75) is 6.92 Å². The van der Waals surface area contributed by atoms with Crippen molar-refractivity contribution in [2.75, 3.05) is 18.4 Å². The van der Waals surface area contributed by atoms with E-state index in [4.69, 9.17) is 16.9 Å². The summed E-state index contributed by atoms with van der Waals surface area (Å²) in [6, 6.07) is 8.50. The van der Waals surface area contributed by atoms with Crippen LogP contribution < -0.4 is 5.32 Å². The van der Waals surface area contributed by atoms with Crippen LogP contribution in [0.25, 0.3) is 0 Å². The molecule has 0 saturated carbocycles. The van der Waals surface area contributed by atoms with Gasteiger partial charge in [0.1, 0.15) is 6.54 Å². The summed E-state index contributed by atoms with van der Waals surface area (Å²) in [4.78, 5) is 13.1. The molecule has 0 radical (unpaired) electrons. The molecule has 1 N–H and O–H groups in total. The zero-order chi connectivity index (χ0) is 12.0. The van der Waals surface area contributed by atoms with Gasteiger partial charge in [-0.25, -0.2) is 4.79 Å². The van der Waals surface area contributed by atoms with Crippen molar-refractivity contribution in [3.05, 3.63) is 29.3 Å². The van der Waals surface area contributed by atoms with Crippen LogP contribution in [0.15, 0.2) is 24.3 Å². The van der Waals surface area contributed by atoms with Gasteiger partial charge in [0.25, 0.3) is 0 Å². The standard InChI is InChI=1S/C11H12ClN3O/c1-2-15(7-6-13)11(16)14-10-5-3-4-9(12)8-10/h3-5,8H,2,7H2,1H3,(H,14,16). The highest BCUT2D eigenvalue weighted by Gasteiger charge is 2.10. The van der Waals surface area contributed by atoms with E-state index in [-0.39, 0.29) is 12.6 Å². The van der Waals surface area contributed by atoms with Gasteiger partial charge in [-0.3, -0.25) is 0 Å². The molecule has 0 fully saturated rings. The molecule has 0 atom stereocenters. The molecule has 4 nitrogen and oxygen atoms in total. The van der Waals surface area contributed by atoms with E-state index in [0.717, 1.165) is 0 Å². The molecule has 0 aliphatic rings. The predicted molar refractivity (Wildman–Crippen MR) is 63.3 cm³/mol. The zero-order valence-electron chi connectivity index (χ0n) is 8.90. The molecule has 0 unspecified atom stereocenters. The summed E-state index contributed by atoms with van der Waals surface area (Å²) in [5.74, 6) is 0. The van der Waals surface area contributed by atoms with Crippen LogP contribution in [-0.4, -0.2) is 24.0 Å². The first kappa shape index (κ1) is 12.3. The molecule has 2 amide bonds. The molecule has 5 heteroatoms. The molecule has 1 aromatic rings. The lowest BCUT2D eigenvalue weighted by molar-refractivity contribution is 0.220. The molecule has 1 rings (SSSR count). The molecule has 0 aliphatic heterocycles. The van der Waals surface area contributed by atoms with Crippen molar-refractivity contribution in [1.29, 1.82) is 5.26 Å². The molecule has 0 aliphatic carbocycles. The van der Waals surface area contributed by atoms with Crippen LogP contribution in [0.1, 0.15) is 6.92 Å². The Morgan fingerprint density at radius 3 is 2.94 bits per heavy atom. The fourth-order valence-corrected chi connectivity index (χ4v) is 1.37. The van der Waals surface area contributed by atoms with Gasteiger partial charge >= 0.3 is 6.03 Å². The number of anilines is 1. The van der Waals surface area contributed by atoms with Gasteiger partial charge in [0.15, 0.2) is 0 Å². The smallest absolute Gasteiger partial charge is 0.311 e. The number of urea groups is 1. The van der Waals surface area contributed by atoms with Crippen LogP contribution in [0.4, 0.5) is 10.5 Å². The number of carbonyl (C=O) groups excluding carboxylic acids is 1. The van der Waals surface area contributed by atoms with Crippen molar-refractivity contribution in [3.63, 3.8) is 0 Å². The second-order valence-electron chi connectivity index (χ2n) is 3.11. The topological polar surface area (TPSA) is 56.1 Å². The highest BCUT2D eigenvalue weighted by Crippen LogP contribution is 2.15. The first-order valence-electron chi connectivity index (χ1n) is 4.85. The lowest BCUT2D eigenvalue weighted by atomic mass is 10.3. The highest BCUT2D eigenvalue weighted by molar-refractivity contribution is 6.30. The van der Waals surface area contributed by atoms with E-state index in [9.17, 15) is 4.79 Å². The predicted octanol–water partition coefficient (Wildman–Crippen LogP) is 2.72. The van der Waals surface area contributed by atoms with Gasteiger partial charge in [-0.05, 0) is 25.1 Å². The number of hydrogen-bond acceptors (Lipinski definition) is 2. The molecular weight excluding hydrogens is 226 g/mol. The summed E-state index contributed by atoms with van der Waals surface area (Å²) in [5, 5.41) is 11.8. The third kappa shape index (κ3) is 3.44. The largest absolute Gasteiger partial charge is 0.322 e. The molecule has 0 aromatic heterocycles. The molecule has 0 bridgehead atoms. The first-order chi connectivity index (χ1) is 7.67. The van der Waals surface area contributed by atoms with E-state index < -0.39 is 0 Å². The minimum Gasteiger partial charge on any atom is -0.311 e. The fourth-order valence-electron chi connectivity index (χ4n) is 1.18. The van der Waals surface area contributed by atoms with Gasteiger partial charge in [0.05, 0.1) is 6.07 Å². The Morgan fingerprint density at radius 2 is 2.38 bits per heavy atom. The SMILES string of the molecule is CCN(CC#N)C(=O)Nc1cccc(Cl)c1. The number of nitrogens with zero attached hydrogens (tertiary/aromatic N) is 2. The Balaban J connectivity index is 2.67. The third-order valence-electron chi connectivity index (χ3n) is 2.01. The minimum absolute atomic E-state index is 0.0723. The monoisotopic (exact) mass is 237 g/mol. The molecule has 16 heavy (non-hydrogen) atoms. The third-order valence-corrected chi connectivity index (χ3v) is 2.24. The normalized spacial score (nSPS) is 9.31. The first-order valence-corrected chi connectivity index (χ1v) is 5.23. The number of nitrogens with one attached hydrogen (secondary N) is 1. The Bertz CT molecular complexity index is 414. The van der Waals surface area contributed by atoms with Crippen molar-refractivity contribution in [2.24, 2.45) is 0 Å². The lowest BCUT2D eigenvalue weighted by Gasteiger charge is -2.17. The summed E-state index contributed by atoms with van der Waals surface area (Å²) in [6.45, 7) is 2.37. The van der Waals surface area contributed by atoms with Gasteiger partial charge < -0.3 is 10.2 Å². The van der Waals surface area contributed by atoms with Crippen LogP contribution in [0.3, 0.4) is 0 Å². The highest BCUT2D eigenvalue weighted by atomic mass is 35.5. The molecule has 0 heterocycles. The molecular formula is C11H12ClN3O. The van der Waals surface area contributed by atoms with Crippen molar-refractivity contribution >= 4 is 23.3 Å². The Hall–Kier alpha value is -1.73.